The SMILES string of the molecule is Cc1ccc[c]c1C(=O)N1CCN(c2nc(C)c(C)cc2C)CC1. The van der Waals surface area contributed by atoms with Crippen molar-refractivity contribution >= 4 is 11.7 Å². The van der Waals surface area contributed by atoms with Crippen molar-refractivity contribution in [2.24, 2.45) is 0 Å². The third kappa shape index (κ3) is 3.14. The fourth-order valence-electron chi connectivity index (χ4n) is 3.18. The van der Waals surface area contributed by atoms with Crippen LogP contribution in [0.2, 0.25) is 0 Å². The molecular weight excluding hydrogens is 298 g/mol. The first kappa shape index (κ1) is 16.5. The van der Waals surface area contributed by atoms with Crippen LogP contribution < -0.4 is 4.90 Å². The summed E-state index contributed by atoms with van der Waals surface area (Å²) >= 11 is 0. The number of rotatable bonds is 2. The van der Waals surface area contributed by atoms with Gasteiger partial charge in [-0.05, 0) is 50.5 Å². The number of carbonyl (C=O) groups excluding carboxylic acids is 1. The van der Waals surface area contributed by atoms with Crippen molar-refractivity contribution < 1.29 is 4.79 Å². The number of hydrogen-bond acceptors (Lipinski definition) is 3. The first-order valence-electron chi connectivity index (χ1n) is 8.43. The summed E-state index contributed by atoms with van der Waals surface area (Å²) in [6, 6.07) is 11.0. The Labute approximate surface area is 144 Å². The highest BCUT2D eigenvalue weighted by Crippen LogP contribution is 2.22. The Bertz CT molecular complexity index is 761. The van der Waals surface area contributed by atoms with Crippen molar-refractivity contribution in [2.75, 3.05) is 31.1 Å². The second kappa shape index (κ2) is 6.63. The quantitative estimate of drug-likeness (QED) is 0.852. The summed E-state index contributed by atoms with van der Waals surface area (Å²) in [5.41, 5.74) is 5.16. The Morgan fingerprint density at radius 2 is 1.75 bits per heavy atom. The standard InChI is InChI=1S/C20H24N3O/c1-14-7-5-6-8-18(14)20(24)23-11-9-22(10-12-23)19-16(3)13-15(2)17(4)21-19/h5-7,13H,9-12H2,1-4H3. The number of nitrogens with zero attached hydrogens (tertiary/aromatic N) is 3. The third-order valence-electron chi connectivity index (χ3n) is 4.77. The summed E-state index contributed by atoms with van der Waals surface area (Å²) in [7, 11) is 0. The van der Waals surface area contributed by atoms with Gasteiger partial charge < -0.3 is 9.80 Å². The third-order valence-corrected chi connectivity index (χ3v) is 4.77. The van der Waals surface area contributed by atoms with E-state index in [1.165, 1.54) is 11.1 Å². The molecule has 1 saturated heterocycles. The molecule has 0 atom stereocenters. The van der Waals surface area contributed by atoms with Crippen LogP contribution in [-0.4, -0.2) is 42.0 Å². The summed E-state index contributed by atoms with van der Waals surface area (Å²) in [6.45, 7) is 11.3. The first-order valence-corrected chi connectivity index (χ1v) is 8.43. The number of aryl methyl sites for hydroxylation is 4. The van der Waals surface area contributed by atoms with Gasteiger partial charge >= 0.3 is 0 Å². The molecule has 2 aromatic rings. The number of aromatic nitrogens is 1. The molecule has 125 valence electrons. The number of pyridine rings is 1. The zero-order valence-electron chi connectivity index (χ0n) is 14.9. The molecule has 0 unspecified atom stereocenters. The molecule has 0 bridgehead atoms. The molecule has 24 heavy (non-hydrogen) atoms. The summed E-state index contributed by atoms with van der Waals surface area (Å²) in [4.78, 5) is 21.7. The summed E-state index contributed by atoms with van der Waals surface area (Å²) in [5.74, 6) is 1.13. The Morgan fingerprint density at radius 3 is 2.42 bits per heavy atom. The second-order valence-electron chi connectivity index (χ2n) is 6.54. The lowest BCUT2D eigenvalue weighted by Crippen LogP contribution is -2.49. The minimum Gasteiger partial charge on any atom is -0.353 e. The van der Waals surface area contributed by atoms with Gasteiger partial charge in [-0.1, -0.05) is 24.3 Å². The van der Waals surface area contributed by atoms with Gasteiger partial charge in [0, 0.05) is 31.9 Å². The number of benzene rings is 1. The van der Waals surface area contributed by atoms with E-state index >= 15 is 0 Å². The molecule has 1 amide bonds. The van der Waals surface area contributed by atoms with E-state index in [9.17, 15) is 4.79 Å². The van der Waals surface area contributed by atoms with Crippen LogP contribution in [0.1, 0.15) is 32.7 Å². The maximum Gasteiger partial charge on any atom is 0.254 e. The first-order chi connectivity index (χ1) is 11.5. The number of amides is 1. The van der Waals surface area contributed by atoms with Crippen molar-refractivity contribution in [1.29, 1.82) is 0 Å². The van der Waals surface area contributed by atoms with Crippen molar-refractivity contribution in [3.63, 3.8) is 0 Å². The zero-order valence-corrected chi connectivity index (χ0v) is 14.9. The number of carbonyl (C=O) groups is 1. The van der Waals surface area contributed by atoms with E-state index in [0.29, 0.717) is 5.56 Å². The van der Waals surface area contributed by atoms with Crippen LogP contribution in [0, 0.1) is 33.8 Å². The zero-order chi connectivity index (χ0) is 17.3. The summed E-state index contributed by atoms with van der Waals surface area (Å²) < 4.78 is 0. The molecule has 0 aliphatic carbocycles. The van der Waals surface area contributed by atoms with Crippen LogP contribution in [0.25, 0.3) is 0 Å². The van der Waals surface area contributed by atoms with Gasteiger partial charge in [-0.15, -0.1) is 0 Å². The van der Waals surface area contributed by atoms with E-state index in [-0.39, 0.29) is 5.91 Å². The second-order valence-corrected chi connectivity index (χ2v) is 6.54. The molecule has 0 spiro atoms. The van der Waals surface area contributed by atoms with Gasteiger partial charge in [0.1, 0.15) is 5.82 Å². The maximum atomic E-state index is 12.7. The predicted molar refractivity (Wildman–Crippen MR) is 96.6 cm³/mol. The van der Waals surface area contributed by atoms with Gasteiger partial charge in [-0.25, -0.2) is 4.98 Å². The van der Waals surface area contributed by atoms with Gasteiger partial charge in [-0.2, -0.15) is 0 Å². The molecule has 1 fully saturated rings. The van der Waals surface area contributed by atoms with E-state index in [4.69, 9.17) is 4.98 Å². The minimum absolute atomic E-state index is 0.0810. The average Bonchev–Trinajstić information content (AvgIpc) is 2.58. The Morgan fingerprint density at radius 1 is 1.04 bits per heavy atom. The van der Waals surface area contributed by atoms with Crippen LogP contribution in [0.3, 0.4) is 0 Å². The molecule has 4 heteroatoms. The smallest absolute Gasteiger partial charge is 0.254 e. The normalized spacial score (nSPS) is 14.8. The molecule has 3 rings (SSSR count). The van der Waals surface area contributed by atoms with E-state index in [1.54, 1.807) is 6.07 Å². The Hall–Kier alpha value is -2.36. The van der Waals surface area contributed by atoms with Gasteiger partial charge in [0.2, 0.25) is 0 Å². The van der Waals surface area contributed by atoms with Crippen LogP contribution in [-0.2, 0) is 0 Å². The molecule has 0 saturated carbocycles. The van der Waals surface area contributed by atoms with Gasteiger partial charge in [-0.3, -0.25) is 4.79 Å². The molecule has 1 aliphatic heterocycles. The topological polar surface area (TPSA) is 36.4 Å². The van der Waals surface area contributed by atoms with Crippen molar-refractivity contribution in [1.82, 2.24) is 9.88 Å². The van der Waals surface area contributed by atoms with Gasteiger partial charge in [0.15, 0.2) is 0 Å². The Kier molecular flexibility index (Phi) is 4.56. The van der Waals surface area contributed by atoms with Crippen molar-refractivity contribution in [3.05, 3.63) is 58.3 Å². The maximum absolute atomic E-state index is 12.7. The van der Waals surface area contributed by atoms with E-state index in [0.717, 1.165) is 43.3 Å². The predicted octanol–water partition coefficient (Wildman–Crippen LogP) is 3.08. The van der Waals surface area contributed by atoms with Crippen molar-refractivity contribution in [2.45, 2.75) is 27.7 Å². The highest BCUT2D eigenvalue weighted by Gasteiger charge is 2.24. The lowest BCUT2D eigenvalue weighted by atomic mass is 10.1. The van der Waals surface area contributed by atoms with Gasteiger partial charge in [0.25, 0.3) is 5.91 Å². The van der Waals surface area contributed by atoms with Crippen molar-refractivity contribution in [3.8, 4) is 0 Å². The number of anilines is 1. The van der Waals surface area contributed by atoms with E-state index in [1.807, 2.05) is 30.9 Å². The van der Waals surface area contributed by atoms with Crippen LogP contribution in [0.5, 0.6) is 0 Å². The largest absolute Gasteiger partial charge is 0.353 e. The molecule has 4 nitrogen and oxygen atoms in total. The van der Waals surface area contributed by atoms with Crippen LogP contribution in [0.4, 0.5) is 5.82 Å². The lowest BCUT2D eigenvalue weighted by Gasteiger charge is -2.36. The lowest BCUT2D eigenvalue weighted by molar-refractivity contribution is 0.0745. The summed E-state index contributed by atoms with van der Waals surface area (Å²) in [5, 5.41) is 0. The Balaban J connectivity index is 1.71. The fourth-order valence-corrected chi connectivity index (χ4v) is 3.18. The molecule has 1 aromatic heterocycles. The monoisotopic (exact) mass is 322 g/mol. The molecule has 1 radical (unpaired) electrons. The fraction of sp³-hybridized carbons (Fsp3) is 0.400. The number of piperazine rings is 1. The highest BCUT2D eigenvalue weighted by molar-refractivity contribution is 5.95. The molecule has 2 heterocycles. The van der Waals surface area contributed by atoms with Crippen LogP contribution in [0.15, 0.2) is 24.3 Å². The minimum atomic E-state index is 0.0810. The molecular formula is C20H24N3O. The molecule has 1 aromatic carbocycles. The van der Waals surface area contributed by atoms with Crippen LogP contribution >= 0.6 is 0 Å². The average molecular weight is 322 g/mol. The molecule has 0 N–H and O–H groups in total. The highest BCUT2D eigenvalue weighted by atomic mass is 16.2. The summed E-state index contributed by atoms with van der Waals surface area (Å²) in [6.07, 6.45) is 0. The molecule has 1 aliphatic rings. The van der Waals surface area contributed by atoms with Gasteiger partial charge in [0.05, 0.1) is 5.56 Å². The van der Waals surface area contributed by atoms with E-state index < -0.39 is 0 Å². The van der Waals surface area contributed by atoms with E-state index in [2.05, 4.69) is 30.9 Å². The number of hydrogen-bond donors (Lipinski definition) is 0.